The lowest BCUT2D eigenvalue weighted by Gasteiger charge is -2.16. The molecule has 8 heteroatoms. The molecule has 4 rings (SSSR count). The van der Waals surface area contributed by atoms with Gasteiger partial charge in [0, 0.05) is 24.8 Å². The van der Waals surface area contributed by atoms with E-state index in [9.17, 15) is 14.4 Å². The Bertz CT molecular complexity index is 1070. The van der Waals surface area contributed by atoms with Crippen molar-refractivity contribution in [3.8, 4) is 0 Å². The first kappa shape index (κ1) is 18.5. The summed E-state index contributed by atoms with van der Waals surface area (Å²) in [6.45, 7) is 0.788. The van der Waals surface area contributed by atoms with E-state index in [0.717, 1.165) is 5.52 Å². The Labute approximate surface area is 167 Å². The number of amides is 3. The minimum absolute atomic E-state index is 0.242. The molecule has 1 aromatic heterocycles. The summed E-state index contributed by atoms with van der Waals surface area (Å²) >= 11 is 0. The van der Waals surface area contributed by atoms with E-state index in [-0.39, 0.29) is 17.6 Å². The van der Waals surface area contributed by atoms with Gasteiger partial charge in [0.05, 0.1) is 17.2 Å². The fraction of sp³-hybridized carbons (Fsp3) is 0.190. The smallest absolute Gasteiger partial charge is 0.313 e. The molecule has 8 nitrogen and oxygen atoms in total. The van der Waals surface area contributed by atoms with Crippen LogP contribution in [0.1, 0.15) is 16.9 Å². The monoisotopic (exact) mass is 389 g/mol. The number of likely N-dealkylation sites (tertiary alicyclic amines) is 1. The molecular weight excluding hydrogens is 370 g/mol. The van der Waals surface area contributed by atoms with Gasteiger partial charge in [-0.1, -0.05) is 30.3 Å². The zero-order valence-corrected chi connectivity index (χ0v) is 15.5. The van der Waals surface area contributed by atoms with Crippen LogP contribution in [0, 0.1) is 0 Å². The lowest BCUT2D eigenvalue weighted by molar-refractivity contribution is -0.136. The molecule has 146 valence electrons. The third-order valence-corrected chi connectivity index (χ3v) is 4.72. The molecule has 1 fully saturated rings. The second-order valence-electron chi connectivity index (χ2n) is 6.77. The van der Waals surface area contributed by atoms with E-state index in [1.165, 1.54) is 6.20 Å². The normalized spacial score (nSPS) is 15.9. The van der Waals surface area contributed by atoms with E-state index in [2.05, 4.69) is 20.6 Å². The molecule has 0 bridgehead atoms. The number of carbonyl (C=O) groups is 3. The zero-order valence-electron chi connectivity index (χ0n) is 15.5. The molecule has 0 spiro atoms. The lowest BCUT2D eigenvalue weighted by atomic mass is 10.2. The third kappa shape index (κ3) is 4.21. The first-order valence-electron chi connectivity index (χ1n) is 9.28. The molecule has 2 heterocycles. The number of benzene rings is 2. The molecule has 3 aromatic rings. The summed E-state index contributed by atoms with van der Waals surface area (Å²) in [7, 11) is 0. The van der Waals surface area contributed by atoms with Crippen molar-refractivity contribution >= 4 is 34.4 Å². The number of hydrogen-bond donors (Lipinski definition) is 2. The number of nitrogens with one attached hydrogen (secondary N) is 2. The molecule has 0 saturated carbocycles. The Hall–Kier alpha value is -3.81. The van der Waals surface area contributed by atoms with E-state index < -0.39 is 11.8 Å². The van der Waals surface area contributed by atoms with E-state index in [0.29, 0.717) is 30.7 Å². The van der Waals surface area contributed by atoms with Gasteiger partial charge in [0.2, 0.25) is 0 Å². The summed E-state index contributed by atoms with van der Waals surface area (Å²) in [6, 6.07) is 15.8. The van der Waals surface area contributed by atoms with Crippen LogP contribution in [0.4, 0.5) is 5.69 Å². The SMILES string of the molecule is O=C(Nc1ccccc1)C(=O)N[C@@H]1CCN(C(=O)c2cnc3ccccc3n2)C1. The van der Waals surface area contributed by atoms with Gasteiger partial charge in [-0.15, -0.1) is 0 Å². The molecular formula is C21H19N5O3. The van der Waals surface area contributed by atoms with Crippen molar-refractivity contribution in [2.75, 3.05) is 18.4 Å². The van der Waals surface area contributed by atoms with Gasteiger partial charge in [0.1, 0.15) is 5.69 Å². The standard InChI is InChI=1S/C21H19N5O3/c27-19(23-14-6-2-1-3-7-14)20(28)24-15-10-11-26(13-15)21(29)18-12-22-16-8-4-5-9-17(16)25-18/h1-9,12,15H,10-11,13H2,(H,23,27)(H,24,28)/t15-/m1/s1. The second-order valence-corrected chi connectivity index (χ2v) is 6.77. The van der Waals surface area contributed by atoms with Gasteiger partial charge in [0.15, 0.2) is 0 Å². The fourth-order valence-corrected chi connectivity index (χ4v) is 3.25. The molecule has 1 saturated heterocycles. The highest BCUT2D eigenvalue weighted by molar-refractivity contribution is 6.39. The zero-order chi connectivity index (χ0) is 20.2. The predicted octanol–water partition coefficient (Wildman–Crippen LogP) is 1.60. The Morgan fingerprint density at radius 3 is 2.45 bits per heavy atom. The summed E-state index contributed by atoms with van der Waals surface area (Å²) in [5.74, 6) is -1.70. The summed E-state index contributed by atoms with van der Waals surface area (Å²) in [6.07, 6.45) is 2.03. The van der Waals surface area contributed by atoms with Gasteiger partial charge < -0.3 is 15.5 Å². The number of carbonyl (C=O) groups excluding carboxylic acids is 3. The second kappa shape index (κ2) is 8.05. The summed E-state index contributed by atoms with van der Waals surface area (Å²) in [5.41, 5.74) is 2.18. The first-order valence-corrected chi connectivity index (χ1v) is 9.28. The van der Waals surface area contributed by atoms with Crippen LogP contribution in [0.15, 0.2) is 60.8 Å². The fourth-order valence-electron chi connectivity index (χ4n) is 3.25. The van der Waals surface area contributed by atoms with Crippen molar-refractivity contribution in [1.82, 2.24) is 20.2 Å². The molecule has 3 amide bonds. The minimum Gasteiger partial charge on any atom is -0.343 e. The van der Waals surface area contributed by atoms with Crippen LogP contribution in [0.5, 0.6) is 0 Å². The topological polar surface area (TPSA) is 104 Å². The van der Waals surface area contributed by atoms with Crippen molar-refractivity contribution in [2.45, 2.75) is 12.5 Å². The van der Waals surface area contributed by atoms with Crippen molar-refractivity contribution in [2.24, 2.45) is 0 Å². The number of anilines is 1. The highest BCUT2D eigenvalue weighted by atomic mass is 16.2. The van der Waals surface area contributed by atoms with Gasteiger partial charge >= 0.3 is 11.8 Å². The number of para-hydroxylation sites is 3. The van der Waals surface area contributed by atoms with Gasteiger partial charge in [-0.05, 0) is 30.7 Å². The van der Waals surface area contributed by atoms with Crippen molar-refractivity contribution < 1.29 is 14.4 Å². The maximum Gasteiger partial charge on any atom is 0.313 e. The van der Waals surface area contributed by atoms with E-state index in [1.807, 2.05) is 24.3 Å². The molecule has 29 heavy (non-hydrogen) atoms. The van der Waals surface area contributed by atoms with Gasteiger partial charge in [-0.3, -0.25) is 19.4 Å². The number of aromatic nitrogens is 2. The number of hydrogen-bond acceptors (Lipinski definition) is 5. The van der Waals surface area contributed by atoms with Gasteiger partial charge in [-0.2, -0.15) is 0 Å². The molecule has 1 aliphatic heterocycles. The largest absolute Gasteiger partial charge is 0.343 e. The third-order valence-electron chi connectivity index (χ3n) is 4.72. The number of nitrogens with zero attached hydrogens (tertiary/aromatic N) is 3. The predicted molar refractivity (Wildman–Crippen MR) is 107 cm³/mol. The Kier molecular flexibility index (Phi) is 5.15. The van der Waals surface area contributed by atoms with E-state index in [1.54, 1.807) is 35.2 Å². The van der Waals surface area contributed by atoms with Crippen molar-refractivity contribution in [3.05, 3.63) is 66.5 Å². The van der Waals surface area contributed by atoms with E-state index in [4.69, 9.17) is 0 Å². The summed E-state index contributed by atoms with van der Waals surface area (Å²) in [4.78, 5) is 47.2. The van der Waals surface area contributed by atoms with Crippen LogP contribution < -0.4 is 10.6 Å². The van der Waals surface area contributed by atoms with Crippen LogP contribution in [0.3, 0.4) is 0 Å². The molecule has 2 aromatic carbocycles. The van der Waals surface area contributed by atoms with Crippen LogP contribution >= 0.6 is 0 Å². The molecule has 2 N–H and O–H groups in total. The van der Waals surface area contributed by atoms with Crippen LogP contribution in [0.2, 0.25) is 0 Å². The van der Waals surface area contributed by atoms with Crippen LogP contribution in [-0.4, -0.2) is 51.7 Å². The Morgan fingerprint density at radius 1 is 0.931 bits per heavy atom. The highest BCUT2D eigenvalue weighted by Crippen LogP contribution is 2.15. The quantitative estimate of drug-likeness (QED) is 0.662. The van der Waals surface area contributed by atoms with E-state index >= 15 is 0 Å². The highest BCUT2D eigenvalue weighted by Gasteiger charge is 2.30. The lowest BCUT2D eigenvalue weighted by Crippen LogP contribution is -2.43. The summed E-state index contributed by atoms with van der Waals surface area (Å²) in [5, 5.41) is 5.23. The minimum atomic E-state index is -0.735. The summed E-state index contributed by atoms with van der Waals surface area (Å²) < 4.78 is 0. The number of fused-ring (bicyclic) bond motifs is 1. The number of rotatable bonds is 3. The molecule has 0 radical (unpaired) electrons. The van der Waals surface area contributed by atoms with Crippen molar-refractivity contribution in [3.63, 3.8) is 0 Å². The average Bonchev–Trinajstić information content (AvgIpc) is 3.22. The van der Waals surface area contributed by atoms with Crippen LogP contribution in [0.25, 0.3) is 11.0 Å². The molecule has 0 unspecified atom stereocenters. The average molecular weight is 389 g/mol. The molecule has 1 atom stereocenters. The first-order chi connectivity index (χ1) is 14.1. The maximum absolute atomic E-state index is 12.7. The van der Waals surface area contributed by atoms with Gasteiger partial charge in [0.25, 0.3) is 5.91 Å². The Morgan fingerprint density at radius 2 is 1.66 bits per heavy atom. The molecule has 0 aliphatic carbocycles. The molecule has 1 aliphatic rings. The van der Waals surface area contributed by atoms with Crippen molar-refractivity contribution in [1.29, 1.82) is 0 Å². The maximum atomic E-state index is 12.7. The Balaban J connectivity index is 1.35. The van der Waals surface area contributed by atoms with Gasteiger partial charge in [-0.25, -0.2) is 4.98 Å². The van der Waals surface area contributed by atoms with Crippen LogP contribution in [-0.2, 0) is 9.59 Å².